The molecule has 1 aromatic heterocycles. The van der Waals surface area contributed by atoms with Crippen molar-refractivity contribution in [3.63, 3.8) is 0 Å². The van der Waals surface area contributed by atoms with E-state index in [1.807, 2.05) is 0 Å². The third kappa shape index (κ3) is 1.93. The molecule has 0 spiro atoms. The Bertz CT molecular complexity index is 266. The monoisotopic (exact) mass is 196 g/mol. The van der Waals surface area contributed by atoms with Crippen LogP contribution in [0.3, 0.4) is 0 Å². The van der Waals surface area contributed by atoms with E-state index in [2.05, 4.69) is 22.0 Å². The molecule has 0 aromatic carbocycles. The van der Waals surface area contributed by atoms with E-state index in [1.165, 1.54) is 6.39 Å². The molecule has 78 valence electrons. The van der Waals surface area contributed by atoms with Gasteiger partial charge in [0.1, 0.15) is 0 Å². The Morgan fingerprint density at radius 2 is 2.29 bits per heavy atom. The second kappa shape index (κ2) is 4.06. The molecular formula is C9H16N4O. The summed E-state index contributed by atoms with van der Waals surface area (Å²) in [5, 5.41) is 3.85. The first kappa shape index (κ1) is 9.61. The fraction of sp³-hybridized carbons (Fsp3) is 0.778. The van der Waals surface area contributed by atoms with Gasteiger partial charge in [-0.2, -0.15) is 4.98 Å². The Labute approximate surface area is 83.3 Å². The summed E-state index contributed by atoms with van der Waals surface area (Å²) in [6.45, 7) is 4.15. The second-order valence-electron chi connectivity index (χ2n) is 3.84. The van der Waals surface area contributed by atoms with Crippen molar-refractivity contribution in [2.75, 3.05) is 13.1 Å². The molecule has 0 saturated carbocycles. The van der Waals surface area contributed by atoms with Crippen LogP contribution in [0.5, 0.6) is 0 Å². The molecule has 0 amide bonds. The number of hydrogen-bond acceptors (Lipinski definition) is 5. The van der Waals surface area contributed by atoms with E-state index in [0.29, 0.717) is 6.04 Å². The van der Waals surface area contributed by atoms with Crippen LogP contribution >= 0.6 is 0 Å². The molecule has 0 bridgehead atoms. The lowest BCUT2D eigenvalue weighted by atomic mass is 10.0. The summed E-state index contributed by atoms with van der Waals surface area (Å²) in [6, 6.07) is 0.602. The van der Waals surface area contributed by atoms with Crippen molar-refractivity contribution in [1.29, 1.82) is 0 Å². The van der Waals surface area contributed by atoms with Crippen molar-refractivity contribution in [2.24, 2.45) is 5.73 Å². The summed E-state index contributed by atoms with van der Waals surface area (Å²) >= 11 is 0. The van der Waals surface area contributed by atoms with Crippen LogP contribution in [-0.2, 0) is 0 Å². The Morgan fingerprint density at radius 1 is 1.57 bits per heavy atom. The third-order valence-corrected chi connectivity index (χ3v) is 2.87. The Hall–Kier alpha value is -0.940. The average Bonchev–Trinajstić information content (AvgIpc) is 2.71. The van der Waals surface area contributed by atoms with Crippen LogP contribution in [0.1, 0.15) is 31.6 Å². The van der Waals surface area contributed by atoms with Crippen molar-refractivity contribution >= 4 is 0 Å². The average molecular weight is 196 g/mol. The Balaban J connectivity index is 1.95. The molecule has 0 radical (unpaired) electrons. The summed E-state index contributed by atoms with van der Waals surface area (Å²) in [6.07, 6.45) is 3.49. The lowest BCUT2D eigenvalue weighted by molar-refractivity contribution is 0.155. The van der Waals surface area contributed by atoms with Crippen LogP contribution < -0.4 is 5.73 Å². The molecule has 1 unspecified atom stereocenters. The van der Waals surface area contributed by atoms with Gasteiger partial charge < -0.3 is 10.3 Å². The number of aromatic nitrogens is 2. The zero-order chi connectivity index (χ0) is 9.97. The number of rotatable bonds is 2. The van der Waals surface area contributed by atoms with Gasteiger partial charge in [-0.3, -0.25) is 4.90 Å². The van der Waals surface area contributed by atoms with Gasteiger partial charge in [-0.05, 0) is 19.8 Å². The van der Waals surface area contributed by atoms with Crippen LogP contribution in [0, 0.1) is 0 Å². The number of piperidine rings is 1. The second-order valence-corrected chi connectivity index (χ2v) is 3.84. The zero-order valence-electron chi connectivity index (χ0n) is 8.39. The first-order valence-electron chi connectivity index (χ1n) is 5.03. The lowest BCUT2D eigenvalue weighted by Crippen LogP contribution is -2.41. The maximum Gasteiger partial charge on any atom is 0.213 e. The third-order valence-electron chi connectivity index (χ3n) is 2.87. The highest BCUT2D eigenvalue weighted by Crippen LogP contribution is 2.20. The fourth-order valence-corrected chi connectivity index (χ4v) is 1.83. The normalized spacial score (nSPS) is 22.4. The number of likely N-dealkylation sites (tertiary alicyclic amines) is 1. The van der Waals surface area contributed by atoms with Gasteiger partial charge in [0.2, 0.25) is 6.39 Å². The molecular weight excluding hydrogens is 180 g/mol. The highest BCUT2D eigenvalue weighted by atomic mass is 16.5. The number of nitrogens with zero attached hydrogens (tertiary/aromatic N) is 3. The smallest absolute Gasteiger partial charge is 0.213 e. The minimum atomic E-state index is 0.237. The molecule has 5 heteroatoms. The van der Waals surface area contributed by atoms with Crippen LogP contribution in [-0.4, -0.2) is 34.2 Å². The molecule has 14 heavy (non-hydrogen) atoms. The quantitative estimate of drug-likeness (QED) is 0.748. The summed E-state index contributed by atoms with van der Waals surface area (Å²) in [5.41, 5.74) is 5.84. The van der Waals surface area contributed by atoms with Crippen LogP contribution in [0.15, 0.2) is 10.9 Å². The largest absolute Gasteiger partial charge is 0.343 e. The maximum absolute atomic E-state index is 5.84. The van der Waals surface area contributed by atoms with Crippen molar-refractivity contribution < 1.29 is 4.52 Å². The fourth-order valence-electron chi connectivity index (χ4n) is 1.83. The molecule has 2 rings (SSSR count). The molecule has 1 aliphatic rings. The number of nitrogens with two attached hydrogens (primary N) is 1. The molecule has 1 aliphatic heterocycles. The minimum Gasteiger partial charge on any atom is -0.343 e. The molecule has 2 heterocycles. The van der Waals surface area contributed by atoms with Gasteiger partial charge in [-0.15, -0.1) is 0 Å². The Morgan fingerprint density at radius 3 is 2.86 bits per heavy atom. The first-order valence-corrected chi connectivity index (χ1v) is 5.03. The van der Waals surface area contributed by atoms with Gasteiger partial charge in [-0.1, -0.05) is 5.16 Å². The topological polar surface area (TPSA) is 68.2 Å². The van der Waals surface area contributed by atoms with E-state index in [-0.39, 0.29) is 6.04 Å². The van der Waals surface area contributed by atoms with E-state index in [0.717, 1.165) is 31.8 Å². The maximum atomic E-state index is 5.84. The van der Waals surface area contributed by atoms with Crippen molar-refractivity contribution in [2.45, 2.75) is 31.8 Å². The zero-order valence-corrected chi connectivity index (χ0v) is 8.39. The van der Waals surface area contributed by atoms with Crippen molar-refractivity contribution in [1.82, 2.24) is 15.0 Å². The van der Waals surface area contributed by atoms with Crippen LogP contribution in [0.25, 0.3) is 0 Å². The molecule has 1 saturated heterocycles. The summed E-state index contributed by atoms with van der Waals surface area (Å²) in [5.74, 6) is 0.764. The standard InChI is InChI=1S/C9H16N4O/c1-7(9-11-6-14-12-9)13-4-2-8(10)3-5-13/h6-8H,2-5,10H2,1H3. The molecule has 1 fully saturated rings. The lowest BCUT2D eigenvalue weighted by Gasteiger charge is -2.33. The highest BCUT2D eigenvalue weighted by molar-refractivity contribution is 4.90. The van der Waals surface area contributed by atoms with Crippen LogP contribution in [0.4, 0.5) is 0 Å². The number of hydrogen-bond donors (Lipinski definition) is 1. The molecule has 2 N–H and O–H groups in total. The Kier molecular flexibility index (Phi) is 2.79. The van der Waals surface area contributed by atoms with Gasteiger partial charge in [0.25, 0.3) is 0 Å². The summed E-state index contributed by atoms with van der Waals surface area (Å²) in [7, 11) is 0. The summed E-state index contributed by atoms with van der Waals surface area (Å²) < 4.78 is 4.74. The van der Waals surface area contributed by atoms with Gasteiger partial charge >= 0.3 is 0 Å². The van der Waals surface area contributed by atoms with E-state index < -0.39 is 0 Å². The van der Waals surface area contributed by atoms with E-state index >= 15 is 0 Å². The molecule has 5 nitrogen and oxygen atoms in total. The highest BCUT2D eigenvalue weighted by Gasteiger charge is 2.23. The first-order chi connectivity index (χ1) is 6.77. The minimum absolute atomic E-state index is 0.237. The van der Waals surface area contributed by atoms with Crippen molar-refractivity contribution in [3.05, 3.63) is 12.2 Å². The summed E-state index contributed by atoms with van der Waals surface area (Å²) in [4.78, 5) is 6.40. The SMILES string of the molecule is CC(c1ncon1)N1CCC(N)CC1. The molecule has 1 aromatic rings. The molecule has 1 atom stereocenters. The van der Waals surface area contributed by atoms with E-state index in [4.69, 9.17) is 10.3 Å². The van der Waals surface area contributed by atoms with Gasteiger partial charge in [0, 0.05) is 19.1 Å². The van der Waals surface area contributed by atoms with Gasteiger partial charge in [0.05, 0.1) is 6.04 Å². The molecule has 0 aliphatic carbocycles. The van der Waals surface area contributed by atoms with E-state index in [1.54, 1.807) is 0 Å². The van der Waals surface area contributed by atoms with Crippen molar-refractivity contribution in [3.8, 4) is 0 Å². The predicted molar refractivity (Wildman–Crippen MR) is 51.5 cm³/mol. The van der Waals surface area contributed by atoms with E-state index in [9.17, 15) is 0 Å². The van der Waals surface area contributed by atoms with Gasteiger partial charge in [0.15, 0.2) is 5.82 Å². The van der Waals surface area contributed by atoms with Crippen LogP contribution in [0.2, 0.25) is 0 Å². The van der Waals surface area contributed by atoms with Gasteiger partial charge in [-0.25, -0.2) is 0 Å². The predicted octanol–water partition coefficient (Wildman–Crippen LogP) is 0.554.